The van der Waals surface area contributed by atoms with E-state index in [1.54, 1.807) is 57.3 Å². The lowest BCUT2D eigenvalue weighted by Crippen LogP contribution is -2.55. The molecule has 0 atom stereocenters. The lowest BCUT2D eigenvalue weighted by molar-refractivity contribution is 0.0395. The Labute approximate surface area is 233 Å². The van der Waals surface area contributed by atoms with Crippen LogP contribution in [0.2, 0.25) is 5.02 Å². The number of amides is 1. The Bertz CT molecular complexity index is 1380. The number of allylic oxidation sites excluding steroid dienone is 1. The minimum absolute atomic E-state index is 0.0994. The maximum atomic E-state index is 13.5. The number of rotatable bonds is 1. The summed E-state index contributed by atoms with van der Waals surface area (Å²) in [7, 11) is -4.16. The van der Waals surface area contributed by atoms with Crippen molar-refractivity contribution in [3.8, 4) is 11.4 Å². The van der Waals surface area contributed by atoms with Crippen LogP contribution in [0.25, 0.3) is 5.69 Å². The third kappa shape index (κ3) is 6.92. The summed E-state index contributed by atoms with van der Waals surface area (Å²) in [6, 6.07) is 6.82. The van der Waals surface area contributed by atoms with E-state index in [0.717, 1.165) is 10.7 Å². The Morgan fingerprint density at radius 2 is 1.85 bits per heavy atom. The van der Waals surface area contributed by atoms with Gasteiger partial charge < -0.3 is 14.4 Å². The number of halogens is 1. The molecule has 212 valence electrons. The van der Waals surface area contributed by atoms with E-state index in [1.165, 1.54) is 8.99 Å². The number of anilines is 1. The standard InChI is InChI=1S/C26H34ClN5O6S/c1-26(2,3)38-25(34)31-12-7-5-4-6-8-17-37-23-22(29-13-15-30(16-14-29)39(31,35)36)19-28-32(24(23)33)21-11-9-10-20(27)18-21/h5,7,9-11,18-19H,4,6,8,12-17H2,1-3H3/b7-5+. The number of carbonyl (C=O) groups excluding carboxylic acids is 1. The second kappa shape index (κ2) is 12.0. The van der Waals surface area contributed by atoms with E-state index in [1.807, 2.05) is 11.0 Å². The topological polar surface area (TPSA) is 114 Å². The highest BCUT2D eigenvalue weighted by atomic mass is 35.5. The molecular formula is C26H34ClN5O6S. The van der Waals surface area contributed by atoms with Crippen LogP contribution in [0.1, 0.15) is 40.0 Å². The summed E-state index contributed by atoms with van der Waals surface area (Å²) < 4.78 is 41.8. The van der Waals surface area contributed by atoms with Crippen molar-refractivity contribution in [2.45, 2.75) is 45.6 Å². The molecule has 0 saturated carbocycles. The molecule has 5 rings (SSSR count). The molecule has 2 aromatic rings. The van der Waals surface area contributed by atoms with Crippen molar-refractivity contribution in [2.75, 3.05) is 44.2 Å². The maximum absolute atomic E-state index is 13.5. The summed E-state index contributed by atoms with van der Waals surface area (Å²) in [6.07, 6.45) is 6.20. The smallest absolute Gasteiger partial charge is 0.425 e. The van der Waals surface area contributed by atoms with Gasteiger partial charge in [-0.1, -0.05) is 29.8 Å². The van der Waals surface area contributed by atoms with Crippen molar-refractivity contribution in [3.05, 3.63) is 58.0 Å². The summed E-state index contributed by atoms with van der Waals surface area (Å²) in [4.78, 5) is 28.3. The fourth-order valence-electron chi connectivity index (χ4n) is 4.28. The molecule has 1 aromatic carbocycles. The third-order valence-electron chi connectivity index (χ3n) is 6.20. The van der Waals surface area contributed by atoms with E-state index in [4.69, 9.17) is 21.1 Å². The van der Waals surface area contributed by atoms with Crippen LogP contribution >= 0.6 is 11.6 Å². The molecular weight excluding hydrogens is 546 g/mol. The van der Waals surface area contributed by atoms with Crippen molar-refractivity contribution in [2.24, 2.45) is 0 Å². The monoisotopic (exact) mass is 579 g/mol. The van der Waals surface area contributed by atoms with Crippen LogP contribution in [0.5, 0.6) is 5.75 Å². The Balaban J connectivity index is 1.66. The fraction of sp³-hybridized carbons (Fsp3) is 0.500. The molecule has 13 heteroatoms. The zero-order valence-electron chi connectivity index (χ0n) is 22.4. The van der Waals surface area contributed by atoms with Crippen molar-refractivity contribution < 1.29 is 22.7 Å². The number of benzene rings is 1. The number of fused-ring (bicyclic) bond motifs is 10. The van der Waals surface area contributed by atoms with E-state index in [9.17, 15) is 18.0 Å². The van der Waals surface area contributed by atoms with Crippen molar-refractivity contribution >= 4 is 33.6 Å². The largest absolute Gasteiger partial charge is 0.486 e. The van der Waals surface area contributed by atoms with Gasteiger partial charge in [-0.25, -0.2) is 4.79 Å². The molecule has 2 bridgehead atoms. The van der Waals surface area contributed by atoms with E-state index < -0.39 is 27.5 Å². The maximum Gasteiger partial charge on any atom is 0.425 e. The van der Waals surface area contributed by atoms with Gasteiger partial charge in [0.25, 0.3) is 0 Å². The SMILES string of the molecule is CC(C)(C)OC(=O)N1C/C=C/CCCCOc2c(cnn(-c3cccc(Cl)c3)c2=O)N2CCN(CC2)S1(=O)=O. The number of hydrogen-bond donors (Lipinski definition) is 0. The second-order valence-corrected chi connectivity index (χ2v) is 12.6. The molecule has 1 amide bonds. The molecule has 1 saturated heterocycles. The average molecular weight is 580 g/mol. The van der Waals surface area contributed by atoms with Gasteiger partial charge in [-0.3, -0.25) is 4.79 Å². The minimum atomic E-state index is -4.16. The van der Waals surface area contributed by atoms with Crippen molar-refractivity contribution in [1.82, 2.24) is 18.4 Å². The average Bonchev–Trinajstić information content (AvgIpc) is 2.86. The summed E-state index contributed by atoms with van der Waals surface area (Å²) >= 11 is 6.13. The first-order chi connectivity index (χ1) is 18.5. The number of ether oxygens (including phenoxy) is 2. The van der Waals surface area contributed by atoms with E-state index in [-0.39, 0.29) is 38.5 Å². The van der Waals surface area contributed by atoms with Crippen molar-refractivity contribution in [1.29, 1.82) is 0 Å². The van der Waals surface area contributed by atoms with Gasteiger partial charge in [-0.2, -0.15) is 26.8 Å². The van der Waals surface area contributed by atoms with E-state index >= 15 is 0 Å². The first-order valence-corrected chi connectivity index (χ1v) is 14.7. The second-order valence-electron chi connectivity index (χ2n) is 10.3. The molecule has 0 aliphatic carbocycles. The first-order valence-electron chi connectivity index (χ1n) is 12.9. The predicted octanol–water partition coefficient (Wildman–Crippen LogP) is 3.61. The molecule has 3 aliphatic heterocycles. The van der Waals surface area contributed by atoms with Crippen LogP contribution in [0.4, 0.5) is 10.5 Å². The highest BCUT2D eigenvalue weighted by molar-refractivity contribution is 7.87. The molecule has 4 heterocycles. The number of nitrogens with zero attached hydrogens (tertiary/aromatic N) is 5. The highest BCUT2D eigenvalue weighted by Crippen LogP contribution is 2.27. The van der Waals surface area contributed by atoms with Crippen LogP contribution in [0, 0.1) is 0 Å². The number of carbonyl (C=O) groups is 1. The van der Waals surface area contributed by atoms with Gasteiger partial charge in [0.1, 0.15) is 11.3 Å². The normalized spacial score (nSPS) is 19.7. The van der Waals surface area contributed by atoms with Gasteiger partial charge in [0, 0.05) is 31.2 Å². The van der Waals surface area contributed by atoms with E-state index in [2.05, 4.69) is 5.10 Å². The molecule has 0 unspecified atom stereocenters. The van der Waals surface area contributed by atoms with Gasteiger partial charge in [-0.15, -0.1) is 0 Å². The van der Waals surface area contributed by atoms with E-state index in [0.29, 0.717) is 35.8 Å². The zero-order chi connectivity index (χ0) is 28.2. The van der Waals surface area contributed by atoms with Gasteiger partial charge in [0.2, 0.25) is 5.75 Å². The Morgan fingerprint density at radius 1 is 1.10 bits per heavy atom. The molecule has 11 nitrogen and oxygen atoms in total. The predicted molar refractivity (Wildman–Crippen MR) is 149 cm³/mol. The van der Waals surface area contributed by atoms with Crippen LogP contribution in [-0.2, 0) is 14.9 Å². The van der Waals surface area contributed by atoms with Gasteiger partial charge in [0.05, 0.1) is 25.0 Å². The third-order valence-corrected chi connectivity index (χ3v) is 8.31. The summed E-state index contributed by atoms with van der Waals surface area (Å²) in [5.74, 6) is 0.152. The van der Waals surface area contributed by atoms with Gasteiger partial charge in [-0.05, 0) is 58.2 Å². The Hall–Kier alpha value is -3.09. The first kappa shape index (κ1) is 28.9. The zero-order valence-corrected chi connectivity index (χ0v) is 23.9. The minimum Gasteiger partial charge on any atom is -0.486 e. The molecule has 3 aliphatic rings. The van der Waals surface area contributed by atoms with Crippen LogP contribution in [0.15, 0.2) is 47.4 Å². The molecule has 1 fully saturated rings. The van der Waals surface area contributed by atoms with Gasteiger partial charge in [0.15, 0.2) is 0 Å². The quantitative estimate of drug-likeness (QED) is 0.471. The lowest BCUT2D eigenvalue weighted by atomic mass is 10.2. The summed E-state index contributed by atoms with van der Waals surface area (Å²) in [5.41, 5.74) is -0.276. The van der Waals surface area contributed by atoms with Crippen LogP contribution in [-0.4, -0.2) is 77.8 Å². The summed E-state index contributed by atoms with van der Waals surface area (Å²) in [5, 5.41) is 4.83. The Morgan fingerprint density at radius 3 is 2.54 bits per heavy atom. The molecule has 0 radical (unpaired) electrons. The molecule has 39 heavy (non-hydrogen) atoms. The van der Waals surface area contributed by atoms with Crippen LogP contribution in [0.3, 0.4) is 0 Å². The molecule has 0 spiro atoms. The molecule has 1 aromatic heterocycles. The summed E-state index contributed by atoms with van der Waals surface area (Å²) in [6.45, 7) is 6.03. The molecule has 0 N–H and O–H groups in total. The number of piperazine rings is 1. The van der Waals surface area contributed by atoms with Crippen LogP contribution < -0.4 is 15.2 Å². The lowest BCUT2D eigenvalue weighted by Gasteiger charge is -2.37. The number of aromatic nitrogens is 2. The fourth-order valence-corrected chi connectivity index (χ4v) is 5.87. The van der Waals surface area contributed by atoms with Gasteiger partial charge >= 0.3 is 21.9 Å². The number of hydrogen-bond acceptors (Lipinski definition) is 8. The highest BCUT2D eigenvalue weighted by Gasteiger charge is 2.38. The van der Waals surface area contributed by atoms with Crippen molar-refractivity contribution in [3.63, 3.8) is 0 Å². The Kier molecular flexibility index (Phi) is 8.87.